The smallest absolute Gasteiger partial charge is 0.859 e. The molecule has 0 bridgehead atoms. The van der Waals surface area contributed by atoms with Gasteiger partial charge in [-0.2, -0.15) is 0 Å². The molecule has 90 valence electrons. The Labute approximate surface area is 143 Å². The molecule has 0 fully saturated rings. The second-order valence-corrected chi connectivity index (χ2v) is 2.80. The van der Waals surface area contributed by atoms with Crippen molar-refractivity contribution in [3.05, 3.63) is 24.9 Å². The third-order valence-corrected chi connectivity index (χ3v) is 1.52. The van der Waals surface area contributed by atoms with Crippen molar-refractivity contribution in [3.63, 3.8) is 0 Å². The first kappa shape index (κ1) is 19.2. The van der Waals surface area contributed by atoms with E-state index in [1.54, 1.807) is 6.20 Å². The molecule has 0 aromatic heterocycles. The van der Waals surface area contributed by atoms with E-state index in [4.69, 9.17) is 5.11 Å². The molecule has 0 aliphatic rings. The summed E-state index contributed by atoms with van der Waals surface area (Å²) in [6, 6.07) is 0. The van der Waals surface area contributed by atoms with Crippen molar-refractivity contribution in [1.29, 1.82) is 0 Å². The Morgan fingerprint density at radius 1 is 1.35 bits per heavy atom. The molecule has 0 atom stereocenters. The molecule has 0 aromatic rings. The molecule has 0 aromatic carbocycles. The van der Waals surface area contributed by atoms with E-state index in [-0.39, 0.29) is 51.4 Å². The van der Waals surface area contributed by atoms with E-state index in [1.165, 1.54) is 0 Å². The summed E-state index contributed by atoms with van der Waals surface area (Å²) >= 11 is 0. The van der Waals surface area contributed by atoms with Crippen LogP contribution >= 0.6 is 0 Å². The van der Waals surface area contributed by atoms with E-state index in [0.29, 0.717) is 13.1 Å². The molecule has 0 heterocycles. The Morgan fingerprint density at radius 3 is 2.65 bits per heavy atom. The summed E-state index contributed by atoms with van der Waals surface area (Å²) in [6.07, 6.45) is 3.31. The van der Waals surface area contributed by atoms with Crippen LogP contribution in [-0.4, -0.2) is 43.2 Å². The zero-order valence-corrected chi connectivity index (χ0v) is 13.1. The number of carboxylic acid groups (broad SMARTS) is 1. The van der Waals surface area contributed by atoms with Gasteiger partial charge in [-0.3, -0.25) is 4.99 Å². The average molecular weight is 265 g/mol. The van der Waals surface area contributed by atoms with Gasteiger partial charge in [-0.05, 0) is 18.2 Å². The number of aliphatic carboxylic acids is 1. The number of carbonyl (C=O) groups is 1. The molecule has 0 spiro atoms. The molecule has 17 heavy (non-hydrogen) atoms. The van der Waals surface area contributed by atoms with Crippen LogP contribution in [0.3, 0.4) is 0 Å². The van der Waals surface area contributed by atoms with Crippen LogP contribution in [0, 0.1) is 0 Å². The quantitative estimate of drug-likeness (QED) is 0.129. The van der Waals surface area contributed by atoms with E-state index >= 15 is 0 Å². The van der Waals surface area contributed by atoms with Crippen LogP contribution in [0.15, 0.2) is 29.9 Å². The number of hydrogen-bond acceptors (Lipinski definition) is 5. The standard InChI is InChI=1S/C10H17N3O3.K/c1-2-11-5-6-12-7-8-13-9(14)3-4-10(15)16;/h2-4,11-12H,1,5-8H2,(H,13,14)(H,15,16);/q;+1/p-1/b4-3+;. The van der Waals surface area contributed by atoms with Crippen LogP contribution in [0.25, 0.3) is 0 Å². The van der Waals surface area contributed by atoms with Crippen molar-refractivity contribution in [1.82, 2.24) is 10.6 Å². The van der Waals surface area contributed by atoms with Gasteiger partial charge < -0.3 is 20.8 Å². The van der Waals surface area contributed by atoms with E-state index < -0.39 is 11.9 Å². The molecule has 0 unspecified atom stereocenters. The normalized spacial score (nSPS) is 10.9. The van der Waals surface area contributed by atoms with Gasteiger partial charge in [0.25, 0.3) is 0 Å². The molecule has 7 heteroatoms. The number of carboxylic acids is 1. The molecular weight excluding hydrogens is 249 g/mol. The summed E-state index contributed by atoms with van der Waals surface area (Å²) in [7, 11) is 0. The minimum Gasteiger partial charge on any atom is -0.859 e. The Morgan fingerprint density at radius 2 is 2.06 bits per heavy atom. The van der Waals surface area contributed by atoms with Gasteiger partial charge in [0, 0.05) is 25.7 Å². The largest absolute Gasteiger partial charge is 1.00 e. The van der Waals surface area contributed by atoms with Gasteiger partial charge in [-0.15, -0.1) is 0 Å². The average Bonchev–Trinajstić information content (AvgIpc) is 2.25. The molecule has 0 saturated carbocycles. The number of hydrogen-bond donors (Lipinski definition) is 3. The Balaban J connectivity index is 0. The summed E-state index contributed by atoms with van der Waals surface area (Å²) in [5.41, 5.74) is 0. The maximum atomic E-state index is 10.9. The van der Waals surface area contributed by atoms with Gasteiger partial charge in [-0.25, -0.2) is 4.79 Å². The maximum absolute atomic E-state index is 10.9. The predicted molar refractivity (Wildman–Crippen MR) is 60.1 cm³/mol. The monoisotopic (exact) mass is 265 g/mol. The maximum Gasteiger partial charge on any atom is 1.00 e. The van der Waals surface area contributed by atoms with Crippen molar-refractivity contribution in [2.75, 3.05) is 26.2 Å². The Bertz CT molecular complexity index is 280. The first-order chi connectivity index (χ1) is 7.66. The third kappa shape index (κ3) is 15.8. The molecule has 0 aliphatic carbocycles. The molecule has 6 nitrogen and oxygen atoms in total. The van der Waals surface area contributed by atoms with Crippen molar-refractivity contribution >= 4 is 11.9 Å². The minimum atomic E-state index is -1.16. The molecular formula is C10H16KN3O3. The van der Waals surface area contributed by atoms with E-state index in [0.717, 1.165) is 25.2 Å². The van der Waals surface area contributed by atoms with Crippen molar-refractivity contribution in [3.8, 4) is 0 Å². The van der Waals surface area contributed by atoms with Crippen LogP contribution in [0.2, 0.25) is 0 Å². The van der Waals surface area contributed by atoms with Crippen LogP contribution in [-0.2, 0) is 4.79 Å². The number of rotatable bonds is 9. The number of aliphatic imine (C=N–C) groups is 1. The van der Waals surface area contributed by atoms with Crippen molar-refractivity contribution in [2.24, 2.45) is 4.99 Å². The second kappa shape index (κ2) is 13.9. The Kier molecular flexibility index (Phi) is 15.6. The molecule has 0 aliphatic heterocycles. The van der Waals surface area contributed by atoms with Crippen molar-refractivity contribution < 1.29 is 66.4 Å². The van der Waals surface area contributed by atoms with Gasteiger partial charge in [0.1, 0.15) is 0 Å². The first-order valence-corrected chi connectivity index (χ1v) is 4.84. The molecule has 0 saturated heterocycles. The van der Waals surface area contributed by atoms with Crippen LogP contribution in [0.5, 0.6) is 0 Å². The minimum absolute atomic E-state index is 0. The van der Waals surface area contributed by atoms with Gasteiger partial charge in [-0.1, -0.05) is 6.58 Å². The SMILES string of the molecule is C=CNCCNCCN=C([O-])/C=C/C(=O)O.[K+]. The second-order valence-electron chi connectivity index (χ2n) is 2.80. The topological polar surface area (TPSA) is 96.8 Å². The fourth-order valence-electron chi connectivity index (χ4n) is 0.828. The summed E-state index contributed by atoms with van der Waals surface area (Å²) in [5.74, 6) is -1.69. The fourth-order valence-corrected chi connectivity index (χ4v) is 0.828. The van der Waals surface area contributed by atoms with E-state index in [2.05, 4.69) is 22.2 Å². The molecule has 0 radical (unpaired) electrons. The van der Waals surface area contributed by atoms with Crippen LogP contribution < -0.4 is 67.1 Å². The van der Waals surface area contributed by atoms with Crippen LogP contribution in [0.4, 0.5) is 0 Å². The van der Waals surface area contributed by atoms with Gasteiger partial charge in [0.2, 0.25) is 0 Å². The van der Waals surface area contributed by atoms with E-state index in [1.807, 2.05) is 0 Å². The molecule has 0 rings (SSSR count). The van der Waals surface area contributed by atoms with Crippen molar-refractivity contribution in [2.45, 2.75) is 0 Å². The Hall–Kier alpha value is -0.184. The van der Waals surface area contributed by atoms with Crippen LogP contribution in [0.1, 0.15) is 0 Å². The third-order valence-electron chi connectivity index (χ3n) is 1.52. The zero-order valence-electron chi connectivity index (χ0n) is 9.98. The van der Waals surface area contributed by atoms with Gasteiger partial charge in [0.05, 0.1) is 6.54 Å². The predicted octanol–water partition coefficient (Wildman–Crippen LogP) is -4.29. The van der Waals surface area contributed by atoms with Gasteiger partial charge >= 0.3 is 57.4 Å². The fraction of sp³-hybridized carbons (Fsp3) is 0.400. The first-order valence-electron chi connectivity index (χ1n) is 4.84. The van der Waals surface area contributed by atoms with E-state index in [9.17, 15) is 9.90 Å². The summed E-state index contributed by atoms with van der Waals surface area (Å²) in [6.45, 7) is 5.91. The number of nitrogens with zero attached hydrogens (tertiary/aromatic N) is 1. The summed E-state index contributed by atoms with van der Waals surface area (Å²) < 4.78 is 0. The summed E-state index contributed by atoms with van der Waals surface area (Å²) in [5, 5.41) is 25.1. The summed E-state index contributed by atoms with van der Waals surface area (Å²) in [4.78, 5) is 13.7. The molecule has 0 amide bonds. The molecule has 3 N–H and O–H groups in total. The van der Waals surface area contributed by atoms with Gasteiger partial charge in [0.15, 0.2) is 0 Å². The number of nitrogens with one attached hydrogen (secondary N) is 2. The zero-order chi connectivity index (χ0) is 12.2.